The third kappa shape index (κ3) is 7.28. The summed E-state index contributed by atoms with van der Waals surface area (Å²) in [6.07, 6.45) is 3.00. The summed E-state index contributed by atoms with van der Waals surface area (Å²) in [5, 5.41) is 13.2. The van der Waals surface area contributed by atoms with Crippen LogP contribution in [0.25, 0.3) is 6.08 Å². The van der Waals surface area contributed by atoms with Gasteiger partial charge in [0, 0.05) is 10.7 Å². The minimum atomic E-state index is -0.565. The Bertz CT molecular complexity index is 1260. The highest BCUT2D eigenvalue weighted by molar-refractivity contribution is 6.32. The Morgan fingerprint density at radius 3 is 2.43 bits per heavy atom. The average Bonchev–Trinajstić information content (AvgIpc) is 2.86. The number of halogens is 2. The highest BCUT2D eigenvalue weighted by Crippen LogP contribution is 2.37. The van der Waals surface area contributed by atoms with Gasteiger partial charge in [-0.05, 0) is 65.7 Å². The number of ether oxygens (including phenoxy) is 3. The SMILES string of the molecule is C=CCOc1c(Cl)cc(/C=C(\C#N)C(=O)Nc2ccc(OCc3ccc(Cl)cc3)cc2)cc1OC. The van der Waals surface area contributed by atoms with Gasteiger partial charge in [-0.1, -0.05) is 48.0 Å². The molecule has 0 atom stereocenters. The quantitative estimate of drug-likeness (QED) is 0.187. The lowest BCUT2D eigenvalue weighted by atomic mass is 10.1. The molecular formula is C27H22Cl2N2O4. The molecule has 1 amide bonds. The minimum Gasteiger partial charge on any atom is -0.493 e. The van der Waals surface area contributed by atoms with E-state index in [4.69, 9.17) is 37.4 Å². The zero-order chi connectivity index (χ0) is 25.2. The predicted molar refractivity (Wildman–Crippen MR) is 138 cm³/mol. The number of carbonyl (C=O) groups excluding carboxylic acids is 1. The zero-order valence-corrected chi connectivity index (χ0v) is 20.4. The normalized spacial score (nSPS) is 10.7. The monoisotopic (exact) mass is 508 g/mol. The molecule has 0 aliphatic carbocycles. The van der Waals surface area contributed by atoms with Gasteiger partial charge in [0.2, 0.25) is 0 Å². The lowest BCUT2D eigenvalue weighted by Crippen LogP contribution is -2.13. The van der Waals surface area contributed by atoms with Gasteiger partial charge in [0.25, 0.3) is 5.91 Å². The number of methoxy groups -OCH3 is 1. The molecule has 0 aliphatic heterocycles. The number of nitrogens with one attached hydrogen (secondary N) is 1. The van der Waals surface area contributed by atoms with E-state index in [1.165, 1.54) is 13.2 Å². The van der Waals surface area contributed by atoms with Gasteiger partial charge in [0.1, 0.15) is 30.6 Å². The summed E-state index contributed by atoms with van der Waals surface area (Å²) < 4.78 is 16.6. The molecular weight excluding hydrogens is 487 g/mol. The van der Waals surface area contributed by atoms with Crippen LogP contribution in [0.3, 0.4) is 0 Å². The third-order valence-electron chi connectivity index (χ3n) is 4.70. The Hall–Kier alpha value is -3.92. The summed E-state index contributed by atoms with van der Waals surface area (Å²) in [6.45, 7) is 4.24. The molecule has 0 unspecified atom stereocenters. The van der Waals surface area contributed by atoms with Crippen LogP contribution in [0.2, 0.25) is 10.0 Å². The number of rotatable bonds is 10. The second-order valence-electron chi connectivity index (χ2n) is 7.20. The Morgan fingerprint density at radius 2 is 1.80 bits per heavy atom. The van der Waals surface area contributed by atoms with Crippen molar-refractivity contribution in [3.8, 4) is 23.3 Å². The van der Waals surface area contributed by atoms with Crippen LogP contribution in [0.4, 0.5) is 5.69 Å². The van der Waals surface area contributed by atoms with Crippen molar-refractivity contribution in [2.45, 2.75) is 6.61 Å². The van der Waals surface area contributed by atoms with Crippen molar-refractivity contribution in [2.24, 2.45) is 0 Å². The molecule has 35 heavy (non-hydrogen) atoms. The maximum Gasteiger partial charge on any atom is 0.266 e. The maximum absolute atomic E-state index is 12.7. The van der Waals surface area contributed by atoms with Crippen LogP contribution in [-0.2, 0) is 11.4 Å². The Kier molecular flexibility index (Phi) is 9.19. The van der Waals surface area contributed by atoms with E-state index in [1.54, 1.807) is 54.6 Å². The first kappa shape index (κ1) is 25.7. The molecule has 0 radical (unpaired) electrons. The predicted octanol–water partition coefficient (Wildman–Crippen LogP) is 6.69. The fraction of sp³-hybridized carbons (Fsp3) is 0.111. The van der Waals surface area contributed by atoms with Gasteiger partial charge in [-0.3, -0.25) is 4.79 Å². The van der Waals surface area contributed by atoms with Crippen molar-refractivity contribution in [1.29, 1.82) is 5.26 Å². The van der Waals surface area contributed by atoms with Gasteiger partial charge in [0.15, 0.2) is 11.5 Å². The van der Waals surface area contributed by atoms with Crippen molar-refractivity contribution in [3.05, 3.63) is 100 Å². The smallest absolute Gasteiger partial charge is 0.266 e. The van der Waals surface area contributed by atoms with Crippen molar-refractivity contribution in [2.75, 3.05) is 19.0 Å². The van der Waals surface area contributed by atoms with E-state index in [0.717, 1.165) is 5.56 Å². The van der Waals surface area contributed by atoms with Crippen molar-refractivity contribution < 1.29 is 19.0 Å². The number of hydrogen-bond acceptors (Lipinski definition) is 5. The van der Waals surface area contributed by atoms with E-state index in [-0.39, 0.29) is 17.2 Å². The van der Waals surface area contributed by atoms with Crippen LogP contribution < -0.4 is 19.5 Å². The molecule has 6 nitrogen and oxygen atoms in total. The molecule has 0 spiro atoms. The molecule has 0 saturated carbocycles. The highest BCUT2D eigenvalue weighted by atomic mass is 35.5. The van der Waals surface area contributed by atoms with Crippen LogP contribution in [0.15, 0.2) is 78.9 Å². The first-order chi connectivity index (χ1) is 16.9. The van der Waals surface area contributed by atoms with Crippen LogP contribution >= 0.6 is 23.2 Å². The first-order valence-electron chi connectivity index (χ1n) is 10.4. The van der Waals surface area contributed by atoms with Gasteiger partial charge >= 0.3 is 0 Å². The summed E-state index contributed by atoms with van der Waals surface area (Å²) >= 11 is 12.2. The highest BCUT2D eigenvalue weighted by Gasteiger charge is 2.14. The number of amides is 1. The Morgan fingerprint density at radius 1 is 1.09 bits per heavy atom. The summed E-state index contributed by atoms with van der Waals surface area (Å²) in [5.41, 5.74) is 1.90. The van der Waals surface area contributed by atoms with Crippen LogP contribution in [-0.4, -0.2) is 19.6 Å². The summed E-state index contributed by atoms with van der Waals surface area (Å²) in [5.74, 6) is 0.795. The van der Waals surface area contributed by atoms with Crippen molar-refractivity contribution in [1.82, 2.24) is 0 Å². The molecule has 0 saturated heterocycles. The molecule has 0 aliphatic rings. The van der Waals surface area contributed by atoms with E-state index in [9.17, 15) is 10.1 Å². The van der Waals surface area contributed by atoms with E-state index >= 15 is 0 Å². The van der Waals surface area contributed by atoms with E-state index in [0.29, 0.717) is 40.1 Å². The molecule has 0 fully saturated rings. The molecule has 0 heterocycles. The average molecular weight is 509 g/mol. The zero-order valence-electron chi connectivity index (χ0n) is 18.9. The van der Waals surface area contributed by atoms with Crippen molar-refractivity contribution in [3.63, 3.8) is 0 Å². The van der Waals surface area contributed by atoms with Gasteiger partial charge in [-0.15, -0.1) is 0 Å². The van der Waals surface area contributed by atoms with Gasteiger partial charge in [-0.25, -0.2) is 0 Å². The molecule has 0 aromatic heterocycles. The summed E-state index contributed by atoms with van der Waals surface area (Å²) in [6, 6.07) is 19.3. The first-order valence-corrected chi connectivity index (χ1v) is 11.2. The third-order valence-corrected chi connectivity index (χ3v) is 5.24. The molecule has 178 valence electrons. The van der Waals surface area contributed by atoms with E-state index < -0.39 is 5.91 Å². The number of hydrogen-bond donors (Lipinski definition) is 1. The van der Waals surface area contributed by atoms with Gasteiger partial charge in [0.05, 0.1) is 12.1 Å². The Labute approximate surface area is 214 Å². The van der Waals surface area contributed by atoms with Gasteiger partial charge in [-0.2, -0.15) is 5.26 Å². The number of carbonyl (C=O) groups is 1. The topological polar surface area (TPSA) is 80.6 Å². The number of nitrogens with zero attached hydrogens (tertiary/aromatic N) is 1. The minimum absolute atomic E-state index is 0.106. The van der Waals surface area contributed by atoms with Crippen LogP contribution in [0, 0.1) is 11.3 Å². The molecule has 0 bridgehead atoms. The largest absolute Gasteiger partial charge is 0.493 e. The molecule has 3 aromatic carbocycles. The second kappa shape index (κ2) is 12.5. The maximum atomic E-state index is 12.7. The molecule has 1 N–H and O–H groups in total. The van der Waals surface area contributed by atoms with E-state index in [1.807, 2.05) is 18.2 Å². The van der Waals surface area contributed by atoms with Crippen molar-refractivity contribution >= 4 is 40.9 Å². The molecule has 8 heteroatoms. The molecule has 3 rings (SSSR count). The van der Waals surface area contributed by atoms with Crippen LogP contribution in [0.1, 0.15) is 11.1 Å². The molecule has 3 aromatic rings. The lowest BCUT2D eigenvalue weighted by Gasteiger charge is -2.12. The number of benzene rings is 3. The fourth-order valence-electron chi connectivity index (χ4n) is 3.00. The van der Waals surface area contributed by atoms with E-state index in [2.05, 4.69) is 11.9 Å². The van der Waals surface area contributed by atoms with Gasteiger partial charge < -0.3 is 19.5 Å². The number of anilines is 1. The standard InChI is InChI=1S/C27H22Cl2N2O4/c1-3-12-34-26-24(29)14-19(15-25(26)33-2)13-20(16-30)27(32)31-22-8-10-23(11-9-22)35-17-18-4-6-21(28)7-5-18/h3-11,13-15H,1,12,17H2,2H3,(H,31,32)/b20-13+. The summed E-state index contributed by atoms with van der Waals surface area (Å²) in [4.78, 5) is 12.7. The second-order valence-corrected chi connectivity index (χ2v) is 8.04. The summed E-state index contributed by atoms with van der Waals surface area (Å²) in [7, 11) is 1.47. The number of nitriles is 1. The van der Waals surface area contributed by atoms with Crippen LogP contribution in [0.5, 0.6) is 17.2 Å². The fourth-order valence-corrected chi connectivity index (χ4v) is 3.40. The Balaban J connectivity index is 1.68. The lowest BCUT2D eigenvalue weighted by molar-refractivity contribution is -0.112.